The normalized spacial score (nSPS) is 21.6. The smallest absolute Gasteiger partial charge is 0.309 e. The number of hydrogen-bond donors (Lipinski definition) is 1. The Kier molecular flexibility index (Phi) is 5.02. The van der Waals surface area contributed by atoms with Crippen molar-refractivity contribution in [3.05, 3.63) is 40.4 Å². The number of hydrogen-bond acceptors (Lipinski definition) is 4. The van der Waals surface area contributed by atoms with Crippen molar-refractivity contribution in [2.75, 3.05) is 7.11 Å². The molecule has 5 heteroatoms. The topological polar surface area (TPSA) is 69.4 Å². The second-order valence-electron chi connectivity index (χ2n) is 5.14. The van der Waals surface area contributed by atoms with Crippen LogP contribution in [0.5, 0.6) is 0 Å². The largest absolute Gasteiger partial charge is 0.469 e. The lowest BCUT2D eigenvalue weighted by molar-refractivity contribution is -0.146. The van der Waals surface area contributed by atoms with Crippen LogP contribution >= 0.6 is 11.6 Å². The van der Waals surface area contributed by atoms with Gasteiger partial charge in [-0.1, -0.05) is 23.7 Å². The second kappa shape index (κ2) is 6.76. The Hall–Kier alpha value is -1.81. The Morgan fingerprint density at radius 2 is 2.00 bits per heavy atom. The lowest BCUT2D eigenvalue weighted by Crippen LogP contribution is -2.19. The number of carbonyl (C=O) groups excluding carboxylic acids is 2. The summed E-state index contributed by atoms with van der Waals surface area (Å²) in [7, 11) is 1.34. The highest BCUT2D eigenvalue weighted by atomic mass is 35.5. The molecule has 1 aromatic carbocycles. The van der Waals surface area contributed by atoms with Gasteiger partial charge in [0.25, 0.3) is 0 Å². The van der Waals surface area contributed by atoms with Crippen LogP contribution in [0.3, 0.4) is 0 Å². The number of benzene rings is 1. The molecule has 1 fully saturated rings. The minimum absolute atomic E-state index is 0.0737. The lowest BCUT2D eigenvalue weighted by Gasteiger charge is -2.10. The average molecular weight is 308 g/mol. The van der Waals surface area contributed by atoms with E-state index in [9.17, 15) is 9.59 Å². The van der Waals surface area contributed by atoms with Crippen molar-refractivity contribution in [1.82, 2.24) is 0 Å². The molecule has 0 bridgehead atoms. The number of halogens is 1. The quantitative estimate of drug-likeness (QED) is 0.518. The number of ketones is 1. The Labute approximate surface area is 128 Å². The van der Waals surface area contributed by atoms with E-state index in [1.165, 1.54) is 7.11 Å². The molecular weight excluding hydrogens is 290 g/mol. The molecule has 1 saturated carbocycles. The van der Waals surface area contributed by atoms with Crippen LogP contribution in [0.1, 0.15) is 31.2 Å². The molecule has 0 heterocycles. The van der Waals surface area contributed by atoms with Crippen LogP contribution in [0.15, 0.2) is 29.8 Å². The summed E-state index contributed by atoms with van der Waals surface area (Å²) in [4.78, 5) is 24.0. The van der Waals surface area contributed by atoms with E-state index >= 15 is 0 Å². The minimum atomic E-state index is -0.363. The van der Waals surface area contributed by atoms with Gasteiger partial charge in [-0.25, -0.2) is 0 Å². The molecule has 1 aliphatic rings. The van der Waals surface area contributed by atoms with Crippen LogP contribution in [0.25, 0.3) is 5.70 Å². The Morgan fingerprint density at radius 1 is 1.33 bits per heavy atom. The lowest BCUT2D eigenvalue weighted by atomic mass is 9.97. The highest BCUT2D eigenvalue weighted by Crippen LogP contribution is 2.29. The summed E-state index contributed by atoms with van der Waals surface area (Å²) >= 11 is 5.85. The van der Waals surface area contributed by atoms with Crippen molar-refractivity contribution < 1.29 is 14.3 Å². The summed E-state index contributed by atoms with van der Waals surface area (Å²) in [5.74, 6) is -0.761. The van der Waals surface area contributed by atoms with Gasteiger partial charge in [0.1, 0.15) is 0 Å². The molecule has 1 unspecified atom stereocenters. The molecule has 2 rings (SSSR count). The zero-order valence-corrected chi connectivity index (χ0v) is 12.7. The zero-order valence-electron chi connectivity index (χ0n) is 11.9. The number of nitrogens with two attached hydrogens (primary N) is 1. The molecule has 0 aromatic heterocycles. The standard InChI is InChI=1S/C16H18ClNO3/c1-21-16(20)11-3-2-4-13(14(19)9-11)15(18)10-5-7-12(17)8-6-10/h5-8,11H,2-4,9,18H2,1H3. The molecule has 0 saturated heterocycles. The van der Waals surface area contributed by atoms with Crippen molar-refractivity contribution in [3.63, 3.8) is 0 Å². The molecule has 21 heavy (non-hydrogen) atoms. The molecule has 0 amide bonds. The van der Waals surface area contributed by atoms with E-state index in [4.69, 9.17) is 22.1 Å². The summed E-state index contributed by atoms with van der Waals surface area (Å²) < 4.78 is 4.73. The third kappa shape index (κ3) is 3.64. The maximum atomic E-state index is 12.4. The van der Waals surface area contributed by atoms with Crippen LogP contribution < -0.4 is 5.73 Å². The molecule has 112 valence electrons. The molecule has 2 N–H and O–H groups in total. The fraction of sp³-hybridized carbons (Fsp3) is 0.375. The van der Waals surface area contributed by atoms with Gasteiger partial charge in [-0.05, 0) is 37.0 Å². The number of allylic oxidation sites excluding steroid dienone is 1. The number of methoxy groups -OCH3 is 1. The van der Waals surface area contributed by atoms with E-state index in [1.54, 1.807) is 24.3 Å². The summed E-state index contributed by atoms with van der Waals surface area (Å²) in [5, 5.41) is 0.620. The van der Waals surface area contributed by atoms with E-state index in [0.29, 0.717) is 29.1 Å². The molecule has 4 nitrogen and oxygen atoms in total. The number of esters is 1. The fourth-order valence-corrected chi connectivity index (χ4v) is 2.70. The van der Waals surface area contributed by atoms with E-state index in [1.807, 2.05) is 0 Å². The number of carbonyl (C=O) groups is 2. The highest BCUT2D eigenvalue weighted by Gasteiger charge is 2.28. The maximum absolute atomic E-state index is 12.4. The predicted molar refractivity (Wildman–Crippen MR) is 81.5 cm³/mol. The van der Waals surface area contributed by atoms with Crippen molar-refractivity contribution in [2.24, 2.45) is 11.7 Å². The zero-order chi connectivity index (χ0) is 15.4. The molecular formula is C16H18ClNO3. The van der Waals surface area contributed by atoms with Crippen molar-refractivity contribution in [3.8, 4) is 0 Å². The molecule has 1 aromatic rings. The molecule has 1 atom stereocenters. The van der Waals surface area contributed by atoms with Gasteiger partial charge in [-0.15, -0.1) is 0 Å². The predicted octanol–water partition coefficient (Wildman–Crippen LogP) is 2.94. The van der Waals surface area contributed by atoms with E-state index < -0.39 is 0 Å². The van der Waals surface area contributed by atoms with Crippen LogP contribution in [0.2, 0.25) is 5.02 Å². The van der Waals surface area contributed by atoms with E-state index in [0.717, 1.165) is 12.0 Å². The summed E-state index contributed by atoms with van der Waals surface area (Å²) in [6, 6.07) is 7.06. The average Bonchev–Trinajstić information content (AvgIpc) is 2.68. The van der Waals surface area contributed by atoms with E-state index in [2.05, 4.69) is 0 Å². The first-order valence-electron chi connectivity index (χ1n) is 6.88. The summed E-state index contributed by atoms with van der Waals surface area (Å²) in [6.45, 7) is 0. The first kappa shape index (κ1) is 15.6. The van der Waals surface area contributed by atoms with Gasteiger partial charge >= 0.3 is 5.97 Å². The van der Waals surface area contributed by atoms with Crippen LogP contribution in [-0.4, -0.2) is 18.9 Å². The Morgan fingerprint density at radius 3 is 2.62 bits per heavy atom. The van der Waals surface area contributed by atoms with Gasteiger partial charge < -0.3 is 10.5 Å². The van der Waals surface area contributed by atoms with Gasteiger partial charge in [0.2, 0.25) is 0 Å². The minimum Gasteiger partial charge on any atom is -0.469 e. The first-order chi connectivity index (χ1) is 10.0. The summed E-state index contributed by atoms with van der Waals surface area (Å²) in [5.41, 5.74) is 7.99. The number of rotatable bonds is 2. The van der Waals surface area contributed by atoms with Crippen molar-refractivity contribution >= 4 is 29.1 Å². The first-order valence-corrected chi connectivity index (χ1v) is 7.26. The second-order valence-corrected chi connectivity index (χ2v) is 5.58. The van der Waals surface area contributed by atoms with Crippen molar-refractivity contribution in [2.45, 2.75) is 25.7 Å². The number of Topliss-reactive ketones (excluding diaryl/α,β-unsaturated/α-hetero) is 1. The van der Waals surface area contributed by atoms with Crippen LogP contribution in [-0.2, 0) is 14.3 Å². The maximum Gasteiger partial charge on any atom is 0.309 e. The van der Waals surface area contributed by atoms with Crippen molar-refractivity contribution in [1.29, 1.82) is 0 Å². The number of ether oxygens (including phenoxy) is 1. The third-order valence-corrected chi connectivity index (χ3v) is 4.01. The fourth-order valence-electron chi connectivity index (χ4n) is 2.57. The monoisotopic (exact) mass is 307 g/mol. The van der Waals surface area contributed by atoms with Gasteiger partial charge in [0.15, 0.2) is 5.78 Å². The summed E-state index contributed by atoms with van der Waals surface area (Å²) in [6.07, 6.45) is 2.14. The third-order valence-electron chi connectivity index (χ3n) is 3.76. The highest BCUT2D eigenvalue weighted by molar-refractivity contribution is 6.30. The van der Waals surface area contributed by atoms with Gasteiger partial charge in [0.05, 0.1) is 13.0 Å². The van der Waals surface area contributed by atoms with Gasteiger partial charge in [-0.3, -0.25) is 9.59 Å². The van der Waals surface area contributed by atoms with Gasteiger partial charge in [0, 0.05) is 22.7 Å². The Balaban J connectivity index is 2.26. The Bertz CT molecular complexity index is 578. The SMILES string of the molecule is COC(=O)C1CCCC(=C(N)c2ccc(Cl)cc2)C(=O)C1. The molecule has 0 spiro atoms. The van der Waals surface area contributed by atoms with Gasteiger partial charge in [-0.2, -0.15) is 0 Å². The van der Waals surface area contributed by atoms with E-state index in [-0.39, 0.29) is 24.1 Å². The van der Waals surface area contributed by atoms with Crippen LogP contribution in [0, 0.1) is 5.92 Å². The molecule has 0 aliphatic heterocycles. The molecule has 1 aliphatic carbocycles. The molecule has 0 radical (unpaired) electrons. The van der Waals surface area contributed by atoms with Crippen LogP contribution in [0.4, 0.5) is 0 Å².